The van der Waals surface area contributed by atoms with Crippen LogP contribution in [-0.2, 0) is 0 Å². The average Bonchev–Trinajstić information content (AvgIpc) is 2.84. The average molecular weight is 447 g/mol. The number of methoxy groups -OCH3 is 1. The molecule has 1 unspecified atom stereocenters. The van der Waals surface area contributed by atoms with Crippen molar-refractivity contribution in [1.82, 2.24) is 15.3 Å². The third-order valence-corrected chi connectivity index (χ3v) is 5.92. The molecule has 172 valence electrons. The van der Waals surface area contributed by atoms with Gasteiger partial charge in [0.05, 0.1) is 7.11 Å². The SMILES string of the molecule is COc1cccc(C(=O)Nc2ccc(OCC3CCCCN3)c(-c3c(C)ncnc3C)c2)c1. The summed E-state index contributed by atoms with van der Waals surface area (Å²) in [5, 5.41) is 6.51. The summed E-state index contributed by atoms with van der Waals surface area (Å²) in [6, 6.07) is 13.1. The molecule has 2 heterocycles. The van der Waals surface area contributed by atoms with Crippen molar-refractivity contribution in [3.8, 4) is 22.6 Å². The van der Waals surface area contributed by atoms with Gasteiger partial charge in [0.25, 0.3) is 5.91 Å². The zero-order valence-corrected chi connectivity index (χ0v) is 19.4. The highest BCUT2D eigenvalue weighted by Crippen LogP contribution is 2.36. The van der Waals surface area contributed by atoms with Crippen molar-refractivity contribution < 1.29 is 14.3 Å². The fraction of sp³-hybridized carbons (Fsp3) is 0.346. The van der Waals surface area contributed by atoms with Gasteiger partial charge in [-0.2, -0.15) is 0 Å². The highest BCUT2D eigenvalue weighted by Gasteiger charge is 2.18. The Kier molecular flexibility index (Phi) is 7.19. The summed E-state index contributed by atoms with van der Waals surface area (Å²) in [5.74, 6) is 1.18. The zero-order valence-electron chi connectivity index (χ0n) is 19.4. The minimum Gasteiger partial charge on any atom is -0.497 e. The topological polar surface area (TPSA) is 85.4 Å². The lowest BCUT2D eigenvalue weighted by Crippen LogP contribution is -2.38. The van der Waals surface area contributed by atoms with E-state index < -0.39 is 0 Å². The summed E-state index contributed by atoms with van der Waals surface area (Å²) in [6.45, 7) is 5.53. The molecule has 0 bridgehead atoms. The number of nitrogens with one attached hydrogen (secondary N) is 2. The van der Waals surface area contributed by atoms with E-state index in [0.29, 0.717) is 29.6 Å². The van der Waals surface area contributed by atoms with Crippen molar-refractivity contribution in [3.05, 3.63) is 65.7 Å². The van der Waals surface area contributed by atoms with Crippen molar-refractivity contribution in [2.45, 2.75) is 39.2 Å². The number of amides is 1. The Bertz CT molecular complexity index is 1110. The van der Waals surface area contributed by atoms with Crippen LogP contribution in [0.15, 0.2) is 48.8 Å². The van der Waals surface area contributed by atoms with Gasteiger partial charge in [0.1, 0.15) is 24.4 Å². The Morgan fingerprint density at radius 2 is 1.94 bits per heavy atom. The van der Waals surface area contributed by atoms with E-state index in [0.717, 1.165) is 41.2 Å². The lowest BCUT2D eigenvalue weighted by molar-refractivity contribution is 0.102. The number of aromatic nitrogens is 2. The molecule has 0 aliphatic carbocycles. The number of aryl methyl sites for hydroxylation is 2. The maximum Gasteiger partial charge on any atom is 0.255 e. The maximum absolute atomic E-state index is 12.9. The van der Waals surface area contributed by atoms with Gasteiger partial charge in [0.15, 0.2) is 0 Å². The molecular weight excluding hydrogens is 416 g/mol. The van der Waals surface area contributed by atoms with E-state index in [-0.39, 0.29) is 5.91 Å². The third-order valence-electron chi connectivity index (χ3n) is 5.92. The lowest BCUT2D eigenvalue weighted by atomic mass is 10.0. The van der Waals surface area contributed by atoms with Crippen molar-refractivity contribution in [3.63, 3.8) is 0 Å². The Morgan fingerprint density at radius 3 is 2.67 bits per heavy atom. The number of ether oxygens (including phenoxy) is 2. The van der Waals surface area contributed by atoms with Gasteiger partial charge in [-0.15, -0.1) is 0 Å². The molecule has 0 radical (unpaired) electrons. The summed E-state index contributed by atoms with van der Waals surface area (Å²) in [6.07, 6.45) is 5.10. The molecule has 0 spiro atoms. The number of carbonyl (C=O) groups is 1. The number of hydrogen-bond acceptors (Lipinski definition) is 6. The van der Waals surface area contributed by atoms with Crippen LogP contribution in [0.2, 0.25) is 0 Å². The molecule has 33 heavy (non-hydrogen) atoms. The molecule has 7 nitrogen and oxygen atoms in total. The lowest BCUT2D eigenvalue weighted by Gasteiger charge is -2.24. The summed E-state index contributed by atoms with van der Waals surface area (Å²) in [4.78, 5) is 21.6. The minimum atomic E-state index is -0.210. The number of anilines is 1. The quantitative estimate of drug-likeness (QED) is 0.554. The molecule has 1 aliphatic rings. The van der Waals surface area contributed by atoms with Crippen LogP contribution in [0, 0.1) is 13.8 Å². The summed E-state index contributed by atoms with van der Waals surface area (Å²) < 4.78 is 11.5. The van der Waals surface area contributed by atoms with Crippen LogP contribution >= 0.6 is 0 Å². The first-order valence-corrected chi connectivity index (χ1v) is 11.3. The highest BCUT2D eigenvalue weighted by molar-refractivity contribution is 6.05. The Hall–Kier alpha value is -3.45. The Morgan fingerprint density at radius 1 is 1.12 bits per heavy atom. The fourth-order valence-corrected chi connectivity index (χ4v) is 4.14. The van der Waals surface area contributed by atoms with Crippen LogP contribution < -0.4 is 20.1 Å². The van der Waals surface area contributed by atoms with Gasteiger partial charge in [-0.3, -0.25) is 4.79 Å². The monoisotopic (exact) mass is 446 g/mol. The molecule has 1 atom stereocenters. The first kappa shape index (κ1) is 22.7. The Balaban J connectivity index is 1.63. The smallest absolute Gasteiger partial charge is 0.255 e. The van der Waals surface area contributed by atoms with E-state index in [1.807, 2.05) is 38.1 Å². The van der Waals surface area contributed by atoms with Gasteiger partial charge in [0, 0.05) is 39.8 Å². The predicted molar refractivity (Wildman–Crippen MR) is 129 cm³/mol. The van der Waals surface area contributed by atoms with Crippen molar-refractivity contribution in [2.24, 2.45) is 0 Å². The second-order valence-electron chi connectivity index (χ2n) is 8.27. The highest BCUT2D eigenvalue weighted by atomic mass is 16.5. The van der Waals surface area contributed by atoms with E-state index in [1.54, 1.807) is 31.6 Å². The molecule has 7 heteroatoms. The molecule has 3 aromatic rings. The zero-order chi connectivity index (χ0) is 23.2. The normalized spacial score (nSPS) is 15.7. The number of rotatable bonds is 7. The van der Waals surface area contributed by atoms with Crippen LogP contribution in [0.3, 0.4) is 0 Å². The van der Waals surface area contributed by atoms with Crippen LogP contribution in [0.5, 0.6) is 11.5 Å². The third kappa shape index (κ3) is 5.49. The second-order valence-corrected chi connectivity index (χ2v) is 8.27. The van der Waals surface area contributed by atoms with E-state index in [1.165, 1.54) is 12.8 Å². The van der Waals surface area contributed by atoms with Gasteiger partial charge in [-0.1, -0.05) is 12.5 Å². The predicted octanol–water partition coefficient (Wildman–Crippen LogP) is 4.54. The minimum absolute atomic E-state index is 0.210. The van der Waals surface area contributed by atoms with Gasteiger partial charge < -0.3 is 20.1 Å². The Labute approximate surface area is 194 Å². The van der Waals surface area contributed by atoms with Crippen LogP contribution in [0.25, 0.3) is 11.1 Å². The number of benzene rings is 2. The number of nitrogens with zero attached hydrogens (tertiary/aromatic N) is 2. The van der Waals surface area contributed by atoms with Crippen LogP contribution in [-0.4, -0.2) is 42.2 Å². The van der Waals surface area contributed by atoms with Gasteiger partial charge >= 0.3 is 0 Å². The number of piperidine rings is 1. The molecule has 1 aromatic heterocycles. The van der Waals surface area contributed by atoms with Gasteiger partial charge in [-0.05, 0) is 69.6 Å². The molecule has 2 N–H and O–H groups in total. The molecule has 1 amide bonds. The number of carbonyl (C=O) groups excluding carboxylic acids is 1. The molecular formula is C26H30N4O3. The van der Waals surface area contributed by atoms with Crippen LogP contribution in [0.1, 0.15) is 41.0 Å². The summed E-state index contributed by atoms with van der Waals surface area (Å²) in [7, 11) is 1.58. The van der Waals surface area contributed by atoms with E-state index in [2.05, 4.69) is 20.6 Å². The molecule has 1 aliphatic heterocycles. The van der Waals surface area contributed by atoms with Gasteiger partial charge in [-0.25, -0.2) is 9.97 Å². The molecule has 1 saturated heterocycles. The molecule has 0 saturated carbocycles. The van der Waals surface area contributed by atoms with Crippen LogP contribution in [0.4, 0.5) is 5.69 Å². The van der Waals surface area contributed by atoms with E-state index in [4.69, 9.17) is 9.47 Å². The fourth-order valence-electron chi connectivity index (χ4n) is 4.14. The number of hydrogen-bond donors (Lipinski definition) is 2. The summed E-state index contributed by atoms with van der Waals surface area (Å²) >= 11 is 0. The molecule has 4 rings (SSSR count). The largest absolute Gasteiger partial charge is 0.497 e. The van der Waals surface area contributed by atoms with E-state index in [9.17, 15) is 4.79 Å². The van der Waals surface area contributed by atoms with E-state index >= 15 is 0 Å². The van der Waals surface area contributed by atoms with Crippen molar-refractivity contribution in [1.29, 1.82) is 0 Å². The standard InChI is InChI=1S/C26H30N4O3/c1-17-25(18(2)29-16-28-17)23-14-20(30-26(31)19-7-6-9-22(13-19)32-3)10-11-24(23)33-15-21-8-4-5-12-27-21/h6-7,9-11,13-14,16,21,27H,4-5,8,12,15H2,1-3H3,(H,30,31). The molecule has 1 fully saturated rings. The second kappa shape index (κ2) is 10.4. The van der Waals surface area contributed by atoms with Crippen molar-refractivity contribution >= 4 is 11.6 Å². The first-order chi connectivity index (χ1) is 16.0. The van der Waals surface area contributed by atoms with Gasteiger partial charge in [0.2, 0.25) is 0 Å². The summed E-state index contributed by atoms with van der Waals surface area (Å²) in [5.41, 5.74) is 4.70. The molecule has 2 aromatic carbocycles. The van der Waals surface area contributed by atoms with Crippen molar-refractivity contribution in [2.75, 3.05) is 25.6 Å². The first-order valence-electron chi connectivity index (χ1n) is 11.3. The maximum atomic E-state index is 12.9.